The van der Waals surface area contributed by atoms with Gasteiger partial charge in [0, 0.05) is 22.6 Å². The van der Waals surface area contributed by atoms with E-state index in [1.807, 2.05) is 52.0 Å². The first kappa shape index (κ1) is 21.0. The molecular weight excluding hydrogens is 358 g/mol. The van der Waals surface area contributed by atoms with E-state index < -0.39 is 23.9 Å². The maximum atomic E-state index is 12.3. The minimum absolute atomic E-state index is 0.142. The molecule has 150 valence electrons. The average molecular weight is 385 g/mol. The molecule has 2 atom stereocenters. The van der Waals surface area contributed by atoms with Gasteiger partial charge in [0.25, 0.3) is 11.8 Å². The van der Waals surface area contributed by atoms with Gasteiger partial charge >= 0.3 is 6.03 Å². The van der Waals surface area contributed by atoms with E-state index in [1.54, 1.807) is 12.1 Å². The van der Waals surface area contributed by atoms with Crippen molar-refractivity contribution < 1.29 is 14.4 Å². The summed E-state index contributed by atoms with van der Waals surface area (Å²) >= 11 is 0. The summed E-state index contributed by atoms with van der Waals surface area (Å²) in [5.74, 6) is -1.13. The van der Waals surface area contributed by atoms with Gasteiger partial charge in [-0.25, -0.2) is 4.79 Å². The lowest BCUT2D eigenvalue weighted by atomic mass is 9.99. The number of nitrogens with two attached hydrogens (primary N) is 1. The summed E-state index contributed by atoms with van der Waals surface area (Å²) in [6.45, 7) is 7.72. The summed E-state index contributed by atoms with van der Waals surface area (Å²) in [5.41, 5.74) is 13.4. The lowest BCUT2D eigenvalue weighted by molar-refractivity contribution is -0.124. The molecule has 0 aliphatic carbocycles. The number of rotatable bonds is 6. The van der Waals surface area contributed by atoms with Crippen molar-refractivity contribution in [2.45, 2.75) is 40.2 Å². The standard InChI is InChI=1S/C20H27N5O3/c1-5-12(2)17(22-20(21)28)19(27)24-23-18(26)15-8-10-16(11-9-15)25-13(3)6-7-14(25)4/h6-12,17H,5H2,1-4H3,(H,23,26)(H,24,27)(H3,21,22,28)/t12-,17-/m0/s1. The zero-order valence-corrected chi connectivity index (χ0v) is 16.6. The molecule has 0 aliphatic rings. The number of benzene rings is 1. The summed E-state index contributed by atoms with van der Waals surface area (Å²) in [4.78, 5) is 35.7. The van der Waals surface area contributed by atoms with E-state index in [9.17, 15) is 14.4 Å². The van der Waals surface area contributed by atoms with E-state index in [0.29, 0.717) is 12.0 Å². The molecule has 2 rings (SSSR count). The number of carbonyl (C=O) groups excluding carboxylic acids is 3. The van der Waals surface area contributed by atoms with Gasteiger partial charge < -0.3 is 15.6 Å². The number of urea groups is 1. The molecule has 0 fully saturated rings. The minimum atomic E-state index is -0.829. The molecule has 1 aromatic carbocycles. The van der Waals surface area contributed by atoms with Gasteiger partial charge in [0.15, 0.2) is 0 Å². The molecule has 1 aromatic heterocycles. The smallest absolute Gasteiger partial charge is 0.312 e. The number of nitrogens with zero attached hydrogens (tertiary/aromatic N) is 1. The largest absolute Gasteiger partial charge is 0.352 e. The second-order valence-corrected chi connectivity index (χ2v) is 6.81. The van der Waals surface area contributed by atoms with Gasteiger partial charge in [0.2, 0.25) is 0 Å². The summed E-state index contributed by atoms with van der Waals surface area (Å²) in [6.07, 6.45) is 0.659. The van der Waals surface area contributed by atoms with Gasteiger partial charge in [-0.3, -0.25) is 20.4 Å². The van der Waals surface area contributed by atoms with Crippen molar-refractivity contribution in [2.75, 3.05) is 0 Å². The number of aromatic nitrogens is 1. The highest BCUT2D eigenvalue weighted by Crippen LogP contribution is 2.16. The van der Waals surface area contributed by atoms with Crippen LogP contribution in [0.5, 0.6) is 0 Å². The maximum Gasteiger partial charge on any atom is 0.312 e. The third-order valence-electron chi connectivity index (χ3n) is 4.75. The maximum absolute atomic E-state index is 12.3. The Bertz CT molecular complexity index is 838. The van der Waals surface area contributed by atoms with Crippen LogP contribution in [0, 0.1) is 19.8 Å². The Morgan fingerprint density at radius 2 is 1.57 bits per heavy atom. The van der Waals surface area contributed by atoms with E-state index in [2.05, 4.69) is 20.7 Å². The van der Waals surface area contributed by atoms with Crippen LogP contribution in [0.2, 0.25) is 0 Å². The van der Waals surface area contributed by atoms with Gasteiger partial charge in [-0.1, -0.05) is 20.3 Å². The van der Waals surface area contributed by atoms with E-state index in [-0.39, 0.29) is 5.92 Å². The van der Waals surface area contributed by atoms with E-state index in [4.69, 9.17) is 5.73 Å². The molecule has 8 nitrogen and oxygen atoms in total. The molecular formula is C20H27N5O3. The number of aryl methyl sites for hydroxylation is 2. The van der Waals surface area contributed by atoms with E-state index in [0.717, 1.165) is 17.1 Å². The Kier molecular flexibility index (Phi) is 6.81. The Morgan fingerprint density at radius 1 is 1.00 bits per heavy atom. The third-order valence-corrected chi connectivity index (χ3v) is 4.75. The van der Waals surface area contributed by atoms with Gasteiger partial charge in [-0.05, 0) is 56.2 Å². The van der Waals surface area contributed by atoms with Crippen molar-refractivity contribution >= 4 is 17.8 Å². The van der Waals surface area contributed by atoms with Gasteiger partial charge in [-0.15, -0.1) is 0 Å². The molecule has 28 heavy (non-hydrogen) atoms. The number of hydrogen-bond acceptors (Lipinski definition) is 3. The van der Waals surface area contributed by atoms with Crippen LogP contribution in [0.15, 0.2) is 36.4 Å². The molecule has 8 heteroatoms. The van der Waals surface area contributed by atoms with Gasteiger partial charge in [-0.2, -0.15) is 0 Å². The molecule has 0 radical (unpaired) electrons. The average Bonchev–Trinajstić information content (AvgIpc) is 3.01. The van der Waals surface area contributed by atoms with Gasteiger partial charge in [0.05, 0.1) is 0 Å². The number of amides is 4. The molecule has 0 unspecified atom stereocenters. The predicted molar refractivity (Wildman–Crippen MR) is 107 cm³/mol. The molecule has 5 N–H and O–H groups in total. The first-order chi connectivity index (χ1) is 13.2. The minimum Gasteiger partial charge on any atom is -0.352 e. The number of primary amides is 1. The van der Waals surface area contributed by atoms with Crippen molar-refractivity contribution in [2.24, 2.45) is 11.7 Å². The fourth-order valence-corrected chi connectivity index (χ4v) is 2.96. The zero-order chi connectivity index (χ0) is 20.8. The molecule has 0 bridgehead atoms. The van der Waals surface area contributed by atoms with Crippen molar-refractivity contribution in [3.05, 3.63) is 53.3 Å². The van der Waals surface area contributed by atoms with Crippen molar-refractivity contribution in [3.63, 3.8) is 0 Å². The molecule has 0 saturated carbocycles. The summed E-state index contributed by atoms with van der Waals surface area (Å²) in [6, 6.07) is 9.48. The van der Waals surface area contributed by atoms with Crippen LogP contribution in [-0.2, 0) is 4.79 Å². The second-order valence-electron chi connectivity index (χ2n) is 6.81. The third kappa shape index (κ3) is 4.91. The number of carbonyl (C=O) groups is 3. The van der Waals surface area contributed by atoms with Crippen LogP contribution in [0.1, 0.15) is 42.0 Å². The topological polar surface area (TPSA) is 118 Å². The number of nitrogens with one attached hydrogen (secondary N) is 3. The monoisotopic (exact) mass is 385 g/mol. The number of hydrogen-bond donors (Lipinski definition) is 4. The molecule has 4 amide bonds. The highest BCUT2D eigenvalue weighted by molar-refractivity contribution is 5.96. The van der Waals surface area contributed by atoms with Crippen LogP contribution >= 0.6 is 0 Å². The van der Waals surface area contributed by atoms with Crippen LogP contribution in [0.3, 0.4) is 0 Å². The normalized spacial score (nSPS) is 12.7. The molecule has 0 aliphatic heterocycles. The first-order valence-electron chi connectivity index (χ1n) is 9.16. The molecule has 2 aromatic rings. The lowest BCUT2D eigenvalue weighted by Crippen LogP contribution is -2.55. The summed E-state index contributed by atoms with van der Waals surface area (Å²) < 4.78 is 2.08. The lowest BCUT2D eigenvalue weighted by Gasteiger charge is -2.22. The zero-order valence-electron chi connectivity index (χ0n) is 16.6. The highest BCUT2D eigenvalue weighted by atomic mass is 16.2. The fourth-order valence-electron chi connectivity index (χ4n) is 2.96. The second kappa shape index (κ2) is 9.07. The van der Waals surface area contributed by atoms with Crippen LogP contribution in [-0.4, -0.2) is 28.5 Å². The molecule has 1 heterocycles. The van der Waals surface area contributed by atoms with Gasteiger partial charge in [0.1, 0.15) is 6.04 Å². The van der Waals surface area contributed by atoms with Crippen LogP contribution in [0.25, 0.3) is 5.69 Å². The Morgan fingerprint density at radius 3 is 2.07 bits per heavy atom. The van der Waals surface area contributed by atoms with E-state index >= 15 is 0 Å². The Labute approximate surface area is 164 Å². The van der Waals surface area contributed by atoms with Crippen LogP contribution in [0.4, 0.5) is 4.79 Å². The SMILES string of the molecule is CC[C@H](C)[C@H](NC(N)=O)C(=O)NNC(=O)c1ccc(-n2c(C)ccc2C)cc1. The fraction of sp³-hybridized carbons (Fsp3) is 0.350. The van der Waals surface area contributed by atoms with Crippen molar-refractivity contribution in [3.8, 4) is 5.69 Å². The molecule has 0 saturated heterocycles. The van der Waals surface area contributed by atoms with E-state index in [1.165, 1.54) is 0 Å². The predicted octanol–water partition coefficient (Wildman–Crippen LogP) is 1.94. The Balaban J connectivity index is 2.02. The molecule has 0 spiro atoms. The van der Waals surface area contributed by atoms with Crippen molar-refractivity contribution in [1.29, 1.82) is 0 Å². The van der Waals surface area contributed by atoms with Crippen molar-refractivity contribution in [1.82, 2.24) is 20.7 Å². The summed E-state index contributed by atoms with van der Waals surface area (Å²) in [5, 5.41) is 2.40. The highest BCUT2D eigenvalue weighted by Gasteiger charge is 2.25. The summed E-state index contributed by atoms with van der Waals surface area (Å²) in [7, 11) is 0. The number of hydrazine groups is 1. The van der Waals surface area contributed by atoms with Crippen LogP contribution < -0.4 is 21.9 Å². The Hall–Kier alpha value is -3.29. The quantitative estimate of drug-likeness (QED) is 0.569. The first-order valence-corrected chi connectivity index (χ1v) is 9.16.